The molecule has 2 aromatic carbocycles. The number of ether oxygens (including phenoxy) is 2. The summed E-state index contributed by atoms with van der Waals surface area (Å²) >= 11 is 0. The number of aryl methyl sites for hydroxylation is 1. The fourth-order valence-electron chi connectivity index (χ4n) is 2.49. The SMILES string of the molecule is COc1cc2cc3c(c(C)c2cc1O)COC3O. The number of fused-ring (bicyclic) bond motifs is 2. The van der Waals surface area contributed by atoms with Crippen molar-refractivity contribution in [3.8, 4) is 11.5 Å². The summed E-state index contributed by atoms with van der Waals surface area (Å²) in [6, 6.07) is 5.34. The average Bonchev–Trinajstić information content (AvgIpc) is 2.72. The first kappa shape index (κ1) is 11.3. The lowest BCUT2D eigenvalue weighted by Crippen LogP contribution is -1.94. The van der Waals surface area contributed by atoms with Gasteiger partial charge in [0.25, 0.3) is 0 Å². The van der Waals surface area contributed by atoms with Crippen LogP contribution < -0.4 is 4.74 Å². The van der Waals surface area contributed by atoms with Gasteiger partial charge in [0, 0.05) is 5.56 Å². The van der Waals surface area contributed by atoms with Gasteiger partial charge < -0.3 is 19.7 Å². The topological polar surface area (TPSA) is 58.9 Å². The van der Waals surface area contributed by atoms with Crippen molar-refractivity contribution in [3.05, 3.63) is 34.9 Å². The highest BCUT2D eigenvalue weighted by atomic mass is 16.6. The van der Waals surface area contributed by atoms with Crippen molar-refractivity contribution in [1.82, 2.24) is 0 Å². The molecule has 0 aliphatic carbocycles. The van der Waals surface area contributed by atoms with E-state index in [0.717, 1.165) is 27.5 Å². The van der Waals surface area contributed by atoms with Gasteiger partial charge in [-0.3, -0.25) is 0 Å². The van der Waals surface area contributed by atoms with Gasteiger partial charge in [-0.05, 0) is 47.0 Å². The zero-order valence-corrected chi connectivity index (χ0v) is 10.2. The Balaban J connectivity index is 2.35. The number of aromatic hydroxyl groups is 1. The first-order chi connectivity index (χ1) is 8.61. The van der Waals surface area contributed by atoms with Crippen molar-refractivity contribution in [3.63, 3.8) is 0 Å². The van der Waals surface area contributed by atoms with Gasteiger partial charge in [0.2, 0.25) is 0 Å². The van der Waals surface area contributed by atoms with Crippen molar-refractivity contribution < 1.29 is 19.7 Å². The third-order valence-electron chi connectivity index (χ3n) is 3.52. The highest BCUT2D eigenvalue weighted by Crippen LogP contribution is 2.39. The summed E-state index contributed by atoms with van der Waals surface area (Å²) in [5.41, 5.74) is 2.82. The molecule has 0 aromatic heterocycles. The molecule has 1 aliphatic heterocycles. The number of aliphatic hydroxyl groups excluding tert-OH is 1. The van der Waals surface area contributed by atoms with Gasteiger partial charge in [0.05, 0.1) is 13.7 Å². The van der Waals surface area contributed by atoms with Crippen LogP contribution in [0.15, 0.2) is 18.2 Å². The molecule has 0 radical (unpaired) electrons. The van der Waals surface area contributed by atoms with E-state index in [9.17, 15) is 10.2 Å². The van der Waals surface area contributed by atoms with Gasteiger partial charge in [-0.1, -0.05) is 0 Å². The number of phenols is 1. The van der Waals surface area contributed by atoms with Crippen molar-refractivity contribution in [1.29, 1.82) is 0 Å². The van der Waals surface area contributed by atoms with E-state index in [0.29, 0.717) is 12.4 Å². The molecule has 0 saturated carbocycles. The van der Waals surface area contributed by atoms with Crippen LogP contribution >= 0.6 is 0 Å². The Morgan fingerprint density at radius 2 is 2.11 bits per heavy atom. The Labute approximate surface area is 104 Å². The van der Waals surface area contributed by atoms with Crippen LogP contribution in [0.4, 0.5) is 0 Å². The number of aliphatic hydroxyl groups is 1. The maximum Gasteiger partial charge on any atom is 0.181 e. The zero-order valence-electron chi connectivity index (χ0n) is 10.2. The molecular formula is C14H14O4. The number of benzene rings is 2. The van der Waals surface area contributed by atoms with Crippen LogP contribution in [-0.2, 0) is 11.3 Å². The highest BCUT2D eigenvalue weighted by molar-refractivity contribution is 5.90. The van der Waals surface area contributed by atoms with E-state index in [1.54, 1.807) is 12.1 Å². The van der Waals surface area contributed by atoms with E-state index < -0.39 is 6.29 Å². The molecule has 0 bridgehead atoms. The van der Waals surface area contributed by atoms with Crippen LogP contribution in [0.5, 0.6) is 11.5 Å². The smallest absolute Gasteiger partial charge is 0.181 e. The Morgan fingerprint density at radius 3 is 2.83 bits per heavy atom. The minimum absolute atomic E-state index is 0.118. The number of methoxy groups -OCH3 is 1. The highest BCUT2D eigenvalue weighted by Gasteiger charge is 2.24. The number of phenolic OH excluding ortho intramolecular Hbond substituents is 1. The Morgan fingerprint density at radius 1 is 1.33 bits per heavy atom. The number of rotatable bonds is 1. The lowest BCUT2D eigenvalue weighted by Gasteiger charge is -2.11. The van der Waals surface area contributed by atoms with Crippen LogP contribution in [-0.4, -0.2) is 17.3 Å². The largest absolute Gasteiger partial charge is 0.504 e. The van der Waals surface area contributed by atoms with Crippen molar-refractivity contribution >= 4 is 10.8 Å². The Kier molecular flexibility index (Phi) is 2.43. The third-order valence-corrected chi connectivity index (χ3v) is 3.52. The second-order valence-electron chi connectivity index (χ2n) is 4.48. The first-order valence-electron chi connectivity index (χ1n) is 5.74. The summed E-state index contributed by atoms with van der Waals surface area (Å²) < 4.78 is 10.3. The fraction of sp³-hybridized carbons (Fsp3) is 0.286. The summed E-state index contributed by atoms with van der Waals surface area (Å²) in [5.74, 6) is 0.544. The molecule has 1 unspecified atom stereocenters. The van der Waals surface area contributed by atoms with Gasteiger partial charge in [-0.15, -0.1) is 0 Å². The van der Waals surface area contributed by atoms with E-state index >= 15 is 0 Å². The monoisotopic (exact) mass is 246 g/mol. The van der Waals surface area contributed by atoms with Gasteiger partial charge in [-0.2, -0.15) is 0 Å². The molecule has 18 heavy (non-hydrogen) atoms. The molecular weight excluding hydrogens is 232 g/mol. The second-order valence-corrected chi connectivity index (χ2v) is 4.48. The van der Waals surface area contributed by atoms with Crippen molar-refractivity contribution in [2.75, 3.05) is 7.11 Å². The van der Waals surface area contributed by atoms with Gasteiger partial charge in [0.15, 0.2) is 17.8 Å². The van der Waals surface area contributed by atoms with Crippen LogP contribution in [0.3, 0.4) is 0 Å². The second kappa shape index (κ2) is 3.86. The summed E-state index contributed by atoms with van der Waals surface area (Å²) in [7, 11) is 1.51. The van der Waals surface area contributed by atoms with Gasteiger partial charge >= 0.3 is 0 Å². The van der Waals surface area contributed by atoms with E-state index in [1.807, 2.05) is 13.0 Å². The van der Waals surface area contributed by atoms with Crippen molar-refractivity contribution in [2.24, 2.45) is 0 Å². The third kappa shape index (κ3) is 1.46. The zero-order chi connectivity index (χ0) is 12.9. The minimum Gasteiger partial charge on any atom is -0.504 e. The van der Waals surface area contributed by atoms with Crippen molar-refractivity contribution in [2.45, 2.75) is 19.8 Å². The molecule has 4 nitrogen and oxygen atoms in total. The standard InChI is InChI=1S/C14H14O4/c1-7-9-5-12(15)13(17-2)4-8(9)3-10-11(7)6-18-14(10)16/h3-5,14-16H,6H2,1-2H3. The molecule has 0 fully saturated rings. The average molecular weight is 246 g/mol. The molecule has 94 valence electrons. The normalized spacial score (nSPS) is 18.1. The summed E-state index contributed by atoms with van der Waals surface area (Å²) in [5, 5.41) is 21.4. The van der Waals surface area contributed by atoms with Crippen LogP contribution in [0.2, 0.25) is 0 Å². The minimum atomic E-state index is -0.858. The summed E-state index contributed by atoms with van der Waals surface area (Å²) in [4.78, 5) is 0. The molecule has 3 rings (SSSR count). The van der Waals surface area contributed by atoms with E-state index in [2.05, 4.69) is 0 Å². The molecule has 4 heteroatoms. The molecule has 2 aromatic rings. The van der Waals surface area contributed by atoms with Gasteiger partial charge in [0.1, 0.15) is 0 Å². The maximum absolute atomic E-state index is 9.83. The Bertz CT molecular complexity index is 633. The maximum atomic E-state index is 9.83. The molecule has 0 spiro atoms. The molecule has 2 N–H and O–H groups in total. The predicted molar refractivity (Wildman–Crippen MR) is 66.7 cm³/mol. The molecule has 0 amide bonds. The quantitative estimate of drug-likeness (QED) is 0.811. The molecule has 0 saturated heterocycles. The van der Waals surface area contributed by atoms with E-state index in [-0.39, 0.29) is 5.75 Å². The fourth-order valence-corrected chi connectivity index (χ4v) is 2.49. The van der Waals surface area contributed by atoms with E-state index in [1.165, 1.54) is 7.11 Å². The number of hydrogen-bond acceptors (Lipinski definition) is 4. The lowest BCUT2D eigenvalue weighted by atomic mass is 9.96. The van der Waals surface area contributed by atoms with Crippen LogP contribution in [0.25, 0.3) is 10.8 Å². The predicted octanol–water partition coefficient (Wildman–Crippen LogP) is 2.38. The molecule has 1 aliphatic rings. The summed E-state index contributed by atoms with van der Waals surface area (Å²) in [6.07, 6.45) is -0.858. The summed E-state index contributed by atoms with van der Waals surface area (Å²) in [6.45, 7) is 2.37. The molecule has 1 atom stereocenters. The van der Waals surface area contributed by atoms with Gasteiger partial charge in [-0.25, -0.2) is 0 Å². The van der Waals surface area contributed by atoms with Crippen LogP contribution in [0.1, 0.15) is 23.0 Å². The van der Waals surface area contributed by atoms with Crippen LogP contribution in [0, 0.1) is 6.92 Å². The lowest BCUT2D eigenvalue weighted by molar-refractivity contribution is -0.0918. The number of hydrogen-bond donors (Lipinski definition) is 2. The Hall–Kier alpha value is -1.78. The van der Waals surface area contributed by atoms with E-state index in [4.69, 9.17) is 9.47 Å². The first-order valence-corrected chi connectivity index (χ1v) is 5.74. The molecule has 1 heterocycles.